The summed E-state index contributed by atoms with van der Waals surface area (Å²) in [5.74, 6) is 0. The van der Waals surface area contributed by atoms with Crippen molar-refractivity contribution in [3.05, 3.63) is 0 Å². The molecule has 0 aromatic rings. The Hall–Kier alpha value is -0.0300. The van der Waals surface area contributed by atoms with Crippen LogP contribution in [0.2, 0.25) is 0 Å². The molecule has 0 bridgehead atoms. The van der Waals surface area contributed by atoms with Crippen molar-refractivity contribution >= 4 is 31.0 Å². The fourth-order valence-electron chi connectivity index (χ4n) is 0.388. The van der Waals surface area contributed by atoms with Gasteiger partial charge in [0.05, 0.1) is 12.3 Å². The third kappa shape index (κ3) is 9.97. The molecule has 0 spiro atoms. The van der Waals surface area contributed by atoms with Gasteiger partial charge in [-0.3, -0.25) is 0 Å². The van der Waals surface area contributed by atoms with Crippen LogP contribution in [0.5, 0.6) is 0 Å². The van der Waals surface area contributed by atoms with Crippen LogP contribution in [0.25, 0.3) is 0 Å². The molecule has 0 rings (SSSR count). The van der Waals surface area contributed by atoms with Crippen LogP contribution in [0.4, 0.5) is 0 Å². The SMILES string of the molecule is CNC(/C=N/OC)CN.Cl.Cl. The summed E-state index contributed by atoms with van der Waals surface area (Å²) in [6, 6.07) is 0.116. The maximum Gasteiger partial charge on any atom is 0.106 e. The summed E-state index contributed by atoms with van der Waals surface area (Å²) < 4.78 is 0. The van der Waals surface area contributed by atoms with Gasteiger partial charge >= 0.3 is 0 Å². The number of halogens is 2. The smallest absolute Gasteiger partial charge is 0.106 e. The molecule has 3 N–H and O–H groups in total. The number of hydrogen-bond acceptors (Lipinski definition) is 4. The molecule has 11 heavy (non-hydrogen) atoms. The monoisotopic (exact) mass is 203 g/mol. The second kappa shape index (κ2) is 12.6. The molecule has 0 aliphatic carbocycles. The molecular weight excluding hydrogens is 189 g/mol. The summed E-state index contributed by atoms with van der Waals surface area (Å²) >= 11 is 0. The van der Waals surface area contributed by atoms with Gasteiger partial charge in [0.1, 0.15) is 7.11 Å². The Morgan fingerprint density at radius 1 is 1.64 bits per heavy atom. The molecule has 1 atom stereocenters. The minimum Gasteiger partial charge on any atom is -0.399 e. The van der Waals surface area contributed by atoms with E-state index >= 15 is 0 Å². The molecule has 0 aromatic carbocycles. The summed E-state index contributed by atoms with van der Waals surface area (Å²) in [6.45, 7) is 0.531. The first-order valence-electron chi connectivity index (χ1n) is 2.79. The maximum atomic E-state index is 5.31. The summed E-state index contributed by atoms with van der Waals surface area (Å²) in [4.78, 5) is 4.45. The van der Waals surface area contributed by atoms with Crippen LogP contribution in [0.1, 0.15) is 0 Å². The Kier molecular flexibility index (Phi) is 19.7. The van der Waals surface area contributed by atoms with Gasteiger partial charge in [0.25, 0.3) is 0 Å². The standard InChI is InChI=1S/C5H13N3O.2ClH/c1-7-5(3-6)4-8-9-2;;/h4-5,7H,3,6H2,1-2H3;2*1H/b8-4+;;. The van der Waals surface area contributed by atoms with E-state index in [9.17, 15) is 0 Å². The molecule has 6 heteroatoms. The summed E-state index contributed by atoms with van der Waals surface area (Å²) in [5.41, 5.74) is 5.31. The van der Waals surface area contributed by atoms with Crippen molar-refractivity contribution < 1.29 is 4.84 Å². The highest BCUT2D eigenvalue weighted by molar-refractivity contribution is 5.85. The molecule has 0 saturated carbocycles. The number of nitrogens with two attached hydrogens (primary N) is 1. The zero-order valence-electron chi connectivity index (χ0n) is 6.61. The molecule has 0 radical (unpaired) electrons. The molecule has 0 amide bonds. The predicted octanol–water partition coefficient (Wildman–Crippen LogP) is 0.00890. The average molecular weight is 204 g/mol. The molecule has 0 aliphatic heterocycles. The Morgan fingerprint density at radius 3 is 2.45 bits per heavy atom. The molecule has 0 fully saturated rings. The predicted molar refractivity (Wildman–Crippen MR) is 51.9 cm³/mol. The topological polar surface area (TPSA) is 59.6 Å². The van der Waals surface area contributed by atoms with Gasteiger partial charge in [-0.05, 0) is 7.05 Å². The highest BCUT2D eigenvalue weighted by atomic mass is 35.5. The summed E-state index contributed by atoms with van der Waals surface area (Å²) in [5, 5.41) is 6.48. The van der Waals surface area contributed by atoms with Gasteiger partial charge < -0.3 is 15.9 Å². The van der Waals surface area contributed by atoms with Gasteiger partial charge in [-0.2, -0.15) is 0 Å². The van der Waals surface area contributed by atoms with Crippen molar-refractivity contribution in [2.45, 2.75) is 6.04 Å². The zero-order chi connectivity index (χ0) is 7.11. The first-order valence-corrected chi connectivity index (χ1v) is 2.79. The van der Waals surface area contributed by atoms with E-state index in [1.165, 1.54) is 7.11 Å². The van der Waals surface area contributed by atoms with Gasteiger partial charge in [-0.1, -0.05) is 5.16 Å². The van der Waals surface area contributed by atoms with Crippen LogP contribution in [0.15, 0.2) is 5.16 Å². The lowest BCUT2D eigenvalue weighted by Crippen LogP contribution is -2.34. The lowest BCUT2D eigenvalue weighted by molar-refractivity contribution is 0.214. The molecule has 0 aromatic heterocycles. The first kappa shape index (κ1) is 17.2. The van der Waals surface area contributed by atoms with E-state index < -0.39 is 0 Å². The zero-order valence-corrected chi connectivity index (χ0v) is 8.24. The second-order valence-electron chi connectivity index (χ2n) is 1.57. The van der Waals surface area contributed by atoms with Crippen molar-refractivity contribution in [2.75, 3.05) is 20.7 Å². The van der Waals surface area contributed by atoms with Crippen LogP contribution in [-0.2, 0) is 4.84 Å². The molecule has 4 nitrogen and oxygen atoms in total. The van der Waals surface area contributed by atoms with Crippen molar-refractivity contribution in [3.63, 3.8) is 0 Å². The van der Waals surface area contributed by atoms with E-state index in [2.05, 4.69) is 15.3 Å². The lowest BCUT2D eigenvalue weighted by Gasteiger charge is -2.04. The lowest BCUT2D eigenvalue weighted by atomic mass is 10.3. The maximum absolute atomic E-state index is 5.31. The van der Waals surface area contributed by atoms with Crippen LogP contribution >= 0.6 is 24.8 Å². The van der Waals surface area contributed by atoms with Crippen LogP contribution in [0, 0.1) is 0 Å². The Labute approximate surface area is 79.4 Å². The van der Waals surface area contributed by atoms with Gasteiger partial charge in [0.15, 0.2) is 0 Å². The highest BCUT2D eigenvalue weighted by Crippen LogP contribution is 1.72. The van der Waals surface area contributed by atoms with Gasteiger partial charge in [-0.15, -0.1) is 24.8 Å². The van der Waals surface area contributed by atoms with Gasteiger partial charge in [-0.25, -0.2) is 0 Å². The van der Waals surface area contributed by atoms with E-state index in [0.717, 1.165) is 0 Å². The van der Waals surface area contributed by atoms with Crippen LogP contribution < -0.4 is 11.1 Å². The normalized spacial score (nSPS) is 11.5. The molecule has 70 valence electrons. The number of nitrogens with zero attached hydrogens (tertiary/aromatic N) is 1. The largest absolute Gasteiger partial charge is 0.399 e. The Balaban J connectivity index is -0.000000320. The van der Waals surface area contributed by atoms with Gasteiger partial charge in [0.2, 0.25) is 0 Å². The van der Waals surface area contributed by atoms with Crippen LogP contribution in [-0.4, -0.2) is 33.0 Å². The molecule has 1 unspecified atom stereocenters. The van der Waals surface area contributed by atoms with E-state index in [-0.39, 0.29) is 30.9 Å². The van der Waals surface area contributed by atoms with E-state index in [1.54, 1.807) is 6.21 Å². The average Bonchev–Trinajstić information content (AvgIpc) is 1.91. The van der Waals surface area contributed by atoms with Crippen molar-refractivity contribution in [1.29, 1.82) is 0 Å². The van der Waals surface area contributed by atoms with Crippen LogP contribution in [0.3, 0.4) is 0 Å². The number of hydrogen-bond donors (Lipinski definition) is 2. The number of oxime groups is 1. The second-order valence-corrected chi connectivity index (χ2v) is 1.57. The van der Waals surface area contributed by atoms with Crippen molar-refractivity contribution in [2.24, 2.45) is 10.9 Å². The Morgan fingerprint density at radius 2 is 2.18 bits per heavy atom. The van der Waals surface area contributed by atoms with E-state index in [1.807, 2.05) is 7.05 Å². The third-order valence-electron chi connectivity index (χ3n) is 0.971. The molecule has 0 saturated heterocycles. The van der Waals surface area contributed by atoms with Crippen molar-refractivity contribution in [3.8, 4) is 0 Å². The molecule has 0 heterocycles. The van der Waals surface area contributed by atoms with Crippen molar-refractivity contribution in [1.82, 2.24) is 5.32 Å². The first-order chi connectivity index (χ1) is 4.35. The highest BCUT2D eigenvalue weighted by Gasteiger charge is 1.95. The van der Waals surface area contributed by atoms with E-state index in [0.29, 0.717) is 6.54 Å². The fourth-order valence-corrected chi connectivity index (χ4v) is 0.388. The minimum atomic E-state index is 0. The van der Waals surface area contributed by atoms with E-state index in [4.69, 9.17) is 5.73 Å². The number of nitrogens with one attached hydrogen (secondary N) is 1. The minimum absolute atomic E-state index is 0. The third-order valence-corrected chi connectivity index (χ3v) is 0.971. The summed E-state index contributed by atoms with van der Waals surface area (Å²) in [6.07, 6.45) is 1.62. The number of likely N-dealkylation sites (N-methyl/N-ethyl adjacent to an activating group) is 1. The fraction of sp³-hybridized carbons (Fsp3) is 0.800. The number of rotatable bonds is 4. The Bertz CT molecular complexity index is 87.8. The molecular formula is C5H15Cl2N3O. The summed E-state index contributed by atoms with van der Waals surface area (Å²) in [7, 11) is 3.32. The molecule has 0 aliphatic rings. The quantitative estimate of drug-likeness (QED) is 0.501. The van der Waals surface area contributed by atoms with Gasteiger partial charge in [0, 0.05) is 6.54 Å².